The van der Waals surface area contributed by atoms with Crippen molar-refractivity contribution in [1.82, 2.24) is 4.57 Å². The fraction of sp³-hybridized carbons (Fsp3) is 0.100. The highest BCUT2D eigenvalue weighted by Crippen LogP contribution is 2.14. The number of hydrogen-bond donors (Lipinski definition) is 1. The Labute approximate surface area is 75.2 Å². The van der Waals surface area contributed by atoms with E-state index in [1.54, 1.807) is 16.8 Å². The van der Waals surface area contributed by atoms with E-state index in [-0.39, 0.29) is 6.54 Å². The molecule has 13 heavy (non-hydrogen) atoms. The molecule has 1 radical (unpaired) electrons. The summed E-state index contributed by atoms with van der Waals surface area (Å²) in [5.74, 6) is -0.828. The van der Waals surface area contributed by atoms with Gasteiger partial charge in [0.05, 0.1) is 0 Å². The summed E-state index contributed by atoms with van der Waals surface area (Å²) in [6, 6.07) is 10.3. The van der Waals surface area contributed by atoms with Crippen LogP contribution in [-0.2, 0) is 11.3 Å². The maximum Gasteiger partial charge on any atom is 0.323 e. The van der Waals surface area contributed by atoms with E-state index >= 15 is 0 Å². The molecule has 3 nitrogen and oxygen atoms in total. The van der Waals surface area contributed by atoms with Crippen LogP contribution in [0.2, 0.25) is 0 Å². The summed E-state index contributed by atoms with van der Waals surface area (Å²) >= 11 is 0. The van der Waals surface area contributed by atoms with Crippen LogP contribution >= 0.6 is 0 Å². The average molecular weight is 174 g/mol. The van der Waals surface area contributed by atoms with Crippen molar-refractivity contribution in [3.63, 3.8) is 0 Å². The Bertz CT molecular complexity index is 445. The van der Waals surface area contributed by atoms with Crippen LogP contribution in [0, 0.1) is 6.07 Å². The number of aromatic nitrogens is 1. The lowest BCUT2D eigenvalue weighted by atomic mass is 10.2. The van der Waals surface area contributed by atoms with Gasteiger partial charge in [-0.2, -0.15) is 0 Å². The predicted octanol–water partition coefficient (Wildman–Crippen LogP) is 1.53. The molecule has 0 saturated carbocycles. The van der Waals surface area contributed by atoms with Crippen molar-refractivity contribution in [3.05, 3.63) is 36.5 Å². The Balaban J connectivity index is 2.51. The summed E-state index contributed by atoms with van der Waals surface area (Å²) in [7, 11) is 0. The summed E-state index contributed by atoms with van der Waals surface area (Å²) in [6.07, 6.45) is 1.77. The molecule has 1 aromatic carbocycles. The summed E-state index contributed by atoms with van der Waals surface area (Å²) < 4.78 is 1.70. The highest BCUT2D eigenvalue weighted by atomic mass is 16.4. The lowest BCUT2D eigenvalue weighted by Crippen LogP contribution is -2.06. The quantitative estimate of drug-likeness (QED) is 0.750. The Morgan fingerprint density at radius 1 is 1.54 bits per heavy atom. The van der Waals surface area contributed by atoms with Gasteiger partial charge in [0.25, 0.3) is 0 Å². The minimum atomic E-state index is -0.828. The third-order valence-corrected chi connectivity index (χ3v) is 1.92. The van der Waals surface area contributed by atoms with Gasteiger partial charge in [0.2, 0.25) is 0 Å². The lowest BCUT2D eigenvalue weighted by molar-refractivity contribution is -0.137. The minimum Gasteiger partial charge on any atom is -0.480 e. The summed E-state index contributed by atoms with van der Waals surface area (Å²) in [6.45, 7) is 0.00745. The molecule has 0 saturated heterocycles. The van der Waals surface area contributed by atoms with Gasteiger partial charge in [-0.1, -0.05) is 6.07 Å². The van der Waals surface area contributed by atoms with Crippen molar-refractivity contribution in [3.8, 4) is 0 Å². The van der Waals surface area contributed by atoms with Crippen LogP contribution in [0.1, 0.15) is 0 Å². The SMILES string of the molecule is O=C(O)Cn1ccc2c[c]ccc21. The highest BCUT2D eigenvalue weighted by Gasteiger charge is 2.02. The number of nitrogens with zero attached hydrogens (tertiary/aromatic N) is 1. The Kier molecular flexibility index (Phi) is 1.77. The van der Waals surface area contributed by atoms with Gasteiger partial charge in [0, 0.05) is 17.1 Å². The molecule has 3 heteroatoms. The molecule has 0 aliphatic rings. The fourth-order valence-electron chi connectivity index (χ4n) is 1.36. The first-order valence-electron chi connectivity index (χ1n) is 3.94. The van der Waals surface area contributed by atoms with Crippen LogP contribution in [0.25, 0.3) is 10.9 Å². The molecule has 0 atom stereocenters. The molecule has 0 spiro atoms. The summed E-state index contributed by atoms with van der Waals surface area (Å²) in [4.78, 5) is 10.5. The van der Waals surface area contributed by atoms with Gasteiger partial charge in [-0.05, 0) is 24.3 Å². The first kappa shape index (κ1) is 7.86. The number of carbonyl (C=O) groups is 1. The van der Waals surface area contributed by atoms with Gasteiger partial charge in [-0.15, -0.1) is 0 Å². The van der Waals surface area contributed by atoms with Crippen molar-refractivity contribution < 1.29 is 9.90 Å². The van der Waals surface area contributed by atoms with E-state index in [1.807, 2.05) is 18.2 Å². The van der Waals surface area contributed by atoms with Crippen LogP contribution in [0.15, 0.2) is 30.5 Å². The van der Waals surface area contributed by atoms with E-state index < -0.39 is 5.97 Å². The van der Waals surface area contributed by atoms with E-state index in [1.165, 1.54) is 0 Å². The standard InChI is InChI=1S/C10H8NO2/c12-10(13)7-11-6-5-8-3-1-2-4-9(8)11/h2-6H,7H2,(H,12,13). The largest absolute Gasteiger partial charge is 0.480 e. The second-order valence-corrected chi connectivity index (χ2v) is 2.82. The Morgan fingerprint density at radius 3 is 3.15 bits per heavy atom. The second kappa shape index (κ2) is 2.94. The first-order chi connectivity index (χ1) is 6.27. The summed E-state index contributed by atoms with van der Waals surface area (Å²) in [5, 5.41) is 9.63. The molecule has 65 valence electrons. The number of aliphatic carboxylic acids is 1. The molecule has 2 aromatic rings. The monoisotopic (exact) mass is 174 g/mol. The van der Waals surface area contributed by atoms with Crippen LogP contribution in [0.3, 0.4) is 0 Å². The average Bonchev–Trinajstić information content (AvgIpc) is 2.48. The number of fused-ring (bicyclic) bond motifs is 1. The van der Waals surface area contributed by atoms with E-state index in [9.17, 15) is 4.79 Å². The third-order valence-electron chi connectivity index (χ3n) is 1.92. The molecule has 0 amide bonds. The topological polar surface area (TPSA) is 42.2 Å². The molecule has 0 fully saturated rings. The van der Waals surface area contributed by atoms with Gasteiger partial charge in [-0.3, -0.25) is 4.79 Å². The normalized spacial score (nSPS) is 10.5. The predicted molar refractivity (Wildman–Crippen MR) is 48.4 cm³/mol. The zero-order chi connectivity index (χ0) is 9.26. The fourth-order valence-corrected chi connectivity index (χ4v) is 1.36. The highest BCUT2D eigenvalue weighted by molar-refractivity contribution is 5.81. The maximum atomic E-state index is 10.5. The van der Waals surface area contributed by atoms with Crippen LogP contribution < -0.4 is 0 Å². The number of carboxylic acids is 1. The third kappa shape index (κ3) is 1.40. The van der Waals surface area contributed by atoms with Crippen molar-refractivity contribution in [2.24, 2.45) is 0 Å². The van der Waals surface area contributed by atoms with E-state index in [4.69, 9.17) is 5.11 Å². The molecule has 1 N–H and O–H groups in total. The number of benzene rings is 1. The number of rotatable bonds is 2. The van der Waals surface area contributed by atoms with Crippen molar-refractivity contribution >= 4 is 16.9 Å². The molecule has 2 rings (SSSR count). The Hall–Kier alpha value is -1.77. The lowest BCUT2D eigenvalue weighted by Gasteiger charge is -1.99. The van der Waals surface area contributed by atoms with Crippen molar-refractivity contribution in [2.45, 2.75) is 6.54 Å². The van der Waals surface area contributed by atoms with E-state index in [0.29, 0.717) is 0 Å². The second-order valence-electron chi connectivity index (χ2n) is 2.82. The number of hydrogen-bond acceptors (Lipinski definition) is 1. The molecular weight excluding hydrogens is 166 g/mol. The van der Waals surface area contributed by atoms with Crippen LogP contribution in [0.5, 0.6) is 0 Å². The summed E-state index contributed by atoms with van der Waals surface area (Å²) in [5.41, 5.74) is 0.932. The molecule has 1 aromatic heterocycles. The zero-order valence-electron chi connectivity index (χ0n) is 6.90. The van der Waals surface area contributed by atoms with E-state index in [0.717, 1.165) is 10.9 Å². The zero-order valence-corrected chi connectivity index (χ0v) is 6.90. The van der Waals surface area contributed by atoms with Crippen LogP contribution in [-0.4, -0.2) is 15.6 Å². The smallest absolute Gasteiger partial charge is 0.323 e. The van der Waals surface area contributed by atoms with E-state index in [2.05, 4.69) is 6.07 Å². The van der Waals surface area contributed by atoms with Crippen molar-refractivity contribution in [2.75, 3.05) is 0 Å². The molecule has 0 bridgehead atoms. The van der Waals surface area contributed by atoms with Gasteiger partial charge < -0.3 is 9.67 Å². The molecule has 0 aliphatic heterocycles. The van der Waals surface area contributed by atoms with Gasteiger partial charge in [0.1, 0.15) is 6.54 Å². The first-order valence-corrected chi connectivity index (χ1v) is 3.94. The van der Waals surface area contributed by atoms with Gasteiger partial charge in [-0.25, -0.2) is 0 Å². The van der Waals surface area contributed by atoms with Gasteiger partial charge in [0.15, 0.2) is 0 Å². The van der Waals surface area contributed by atoms with Gasteiger partial charge >= 0.3 is 5.97 Å². The van der Waals surface area contributed by atoms with Crippen molar-refractivity contribution in [1.29, 1.82) is 0 Å². The minimum absolute atomic E-state index is 0.00745. The van der Waals surface area contributed by atoms with Crippen LogP contribution in [0.4, 0.5) is 0 Å². The molecule has 0 unspecified atom stereocenters. The molecular formula is C10H8NO2. The maximum absolute atomic E-state index is 10.5. The molecule has 0 aliphatic carbocycles. The molecule has 1 heterocycles. The number of carboxylic acid groups (broad SMARTS) is 1. The Morgan fingerprint density at radius 2 is 2.38 bits per heavy atom.